The quantitative estimate of drug-likeness (QED) is 0.470. The van der Waals surface area contributed by atoms with E-state index in [-0.39, 0.29) is 23.4 Å². The van der Waals surface area contributed by atoms with Crippen LogP contribution in [-0.4, -0.2) is 69.0 Å². The number of halogens is 3. The van der Waals surface area contributed by atoms with E-state index in [1.807, 2.05) is 11.8 Å². The second kappa shape index (κ2) is 8.48. The molecule has 13 heteroatoms. The lowest BCUT2D eigenvalue weighted by Crippen LogP contribution is -2.48. The first kappa shape index (κ1) is 23.0. The van der Waals surface area contributed by atoms with Crippen molar-refractivity contribution in [3.05, 3.63) is 35.7 Å². The number of aryl methyl sites for hydroxylation is 1. The number of fused-ring (bicyclic) bond motifs is 5. The summed E-state index contributed by atoms with van der Waals surface area (Å²) in [5.41, 5.74) is 1.71. The number of aromatic nitrogens is 4. The molecule has 3 N–H and O–H groups in total. The molecule has 0 spiro atoms. The Kier molecular flexibility index (Phi) is 5.58. The monoisotopic (exact) mass is 489 g/mol. The predicted octanol–water partition coefficient (Wildman–Crippen LogP) is 3.04. The molecule has 0 saturated carbocycles. The zero-order valence-electron chi connectivity index (χ0n) is 18.6. The molecule has 2 atom stereocenters. The molecule has 184 valence electrons. The average molecular weight is 489 g/mol. The number of urea groups is 1. The standard InChI is InChI=1S/C22H22F3N7O3/c1-11-2-3-14-18(26-11)29-30-19(14)28-21(35)32-13-6-7-31(9-13)16-5-4-15(27-20(16)32)17(34)8-12(10-33)22(23,24)25/h2-5,12-13,33H,6-10H2,1H3,(H2,26,28,29,30,35)/t12-,13+/m1/s1. The van der Waals surface area contributed by atoms with Crippen molar-refractivity contribution >= 4 is 40.2 Å². The number of hydrogen-bond donors (Lipinski definition) is 3. The normalized spacial score (nSPS) is 18.0. The number of H-pyrrole nitrogens is 1. The Morgan fingerprint density at radius 3 is 2.80 bits per heavy atom. The van der Waals surface area contributed by atoms with Crippen molar-refractivity contribution in [2.75, 3.05) is 34.8 Å². The van der Waals surface area contributed by atoms with Crippen LogP contribution in [-0.2, 0) is 0 Å². The number of aromatic amines is 1. The summed E-state index contributed by atoms with van der Waals surface area (Å²) in [5.74, 6) is -2.57. The number of carbonyl (C=O) groups excluding carboxylic acids is 2. The van der Waals surface area contributed by atoms with Crippen molar-refractivity contribution in [2.45, 2.75) is 32.0 Å². The lowest BCUT2D eigenvalue weighted by atomic mass is 10.0. The summed E-state index contributed by atoms with van der Waals surface area (Å²) >= 11 is 0. The SMILES string of the molecule is Cc1ccc2c(NC(=O)N3c4nc(C(=O)C[C@H](CO)C(F)(F)F)ccc4N4CC[C@H]3C4)n[nH]c2n1. The van der Waals surface area contributed by atoms with Crippen molar-refractivity contribution in [2.24, 2.45) is 5.92 Å². The number of alkyl halides is 3. The van der Waals surface area contributed by atoms with Crippen molar-refractivity contribution in [1.82, 2.24) is 20.2 Å². The van der Waals surface area contributed by atoms with Gasteiger partial charge in [-0.15, -0.1) is 0 Å². The van der Waals surface area contributed by atoms with E-state index in [4.69, 9.17) is 5.11 Å². The van der Waals surface area contributed by atoms with Crippen LogP contribution in [0.25, 0.3) is 11.0 Å². The third kappa shape index (κ3) is 4.16. The Morgan fingerprint density at radius 1 is 1.26 bits per heavy atom. The highest BCUT2D eigenvalue weighted by molar-refractivity contribution is 6.08. The summed E-state index contributed by atoms with van der Waals surface area (Å²) in [6.45, 7) is 1.87. The zero-order valence-corrected chi connectivity index (χ0v) is 18.6. The van der Waals surface area contributed by atoms with Crippen molar-refractivity contribution < 1.29 is 27.9 Å². The minimum atomic E-state index is -4.71. The molecular weight excluding hydrogens is 467 g/mol. The summed E-state index contributed by atoms with van der Waals surface area (Å²) in [7, 11) is 0. The van der Waals surface area contributed by atoms with E-state index in [0.29, 0.717) is 36.2 Å². The number of carbonyl (C=O) groups is 2. The van der Waals surface area contributed by atoms with Crippen LogP contribution in [0, 0.1) is 12.8 Å². The predicted molar refractivity (Wildman–Crippen MR) is 121 cm³/mol. The largest absolute Gasteiger partial charge is 0.396 e. The van der Waals surface area contributed by atoms with Crippen LogP contribution in [0.3, 0.4) is 0 Å². The van der Waals surface area contributed by atoms with Gasteiger partial charge in [0.1, 0.15) is 5.69 Å². The van der Waals surface area contributed by atoms with Crippen molar-refractivity contribution in [1.29, 1.82) is 0 Å². The van der Waals surface area contributed by atoms with Crippen LogP contribution in [0.5, 0.6) is 0 Å². The number of aliphatic hydroxyl groups excluding tert-OH is 1. The fourth-order valence-electron chi connectivity index (χ4n) is 4.50. The summed E-state index contributed by atoms with van der Waals surface area (Å²) in [6, 6.07) is 5.77. The van der Waals surface area contributed by atoms with Crippen molar-refractivity contribution in [3.63, 3.8) is 0 Å². The minimum absolute atomic E-state index is 0.198. The molecule has 5 heterocycles. The molecule has 0 aromatic carbocycles. The maximum atomic E-state index is 13.4. The van der Waals surface area contributed by atoms with Gasteiger partial charge < -0.3 is 10.0 Å². The van der Waals surface area contributed by atoms with Gasteiger partial charge in [-0.2, -0.15) is 18.3 Å². The van der Waals surface area contributed by atoms with E-state index in [1.165, 1.54) is 11.0 Å². The number of aliphatic hydroxyl groups is 1. The average Bonchev–Trinajstić information content (AvgIpc) is 3.40. The van der Waals surface area contributed by atoms with Crippen LogP contribution < -0.4 is 15.1 Å². The van der Waals surface area contributed by atoms with Gasteiger partial charge in [0.15, 0.2) is 23.1 Å². The Morgan fingerprint density at radius 2 is 2.06 bits per heavy atom. The molecule has 0 unspecified atom stereocenters. The summed E-state index contributed by atoms with van der Waals surface area (Å²) < 4.78 is 39.1. The first-order chi connectivity index (χ1) is 16.7. The second-order valence-corrected chi connectivity index (χ2v) is 8.70. The molecule has 5 rings (SSSR count). The van der Waals surface area contributed by atoms with Crippen LogP contribution in [0.15, 0.2) is 24.3 Å². The highest BCUT2D eigenvalue weighted by Gasteiger charge is 2.42. The topological polar surface area (TPSA) is 127 Å². The second-order valence-electron chi connectivity index (χ2n) is 8.70. The molecule has 2 aliphatic heterocycles. The number of ketones is 1. The molecule has 0 radical (unpaired) electrons. The molecule has 2 bridgehead atoms. The van der Waals surface area contributed by atoms with Gasteiger partial charge in [-0.05, 0) is 37.6 Å². The van der Waals surface area contributed by atoms with Gasteiger partial charge in [0.05, 0.1) is 29.6 Å². The Labute approximate surface area is 197 Å². The number of amides is 2. The highest BCUT2D eigenvalue weighted by atomic mass is 19.4. The maximum Gasteiger partial charge on any atom is 0.394 e. The van der Waals surface area contributed by atoms with E-state index in [9.17, 15) is 22.8 Å². The number of hydrogen-bond acceptors (Lipinski definition) is 7. The smallest absolute Gasteiger partial charge is 0.394 e. The summed E-state index contributed by atoms with van der Waals surface area (Å²) in [4.78, 5) is 38.1. The molecule has 0 aliphatic carbocycles. The van der Waals surface area contributed by atoms with Gasteiger partial charge in [-0.3, -0.25) is 20.1 Å². The van der Waals surface area contributed by atoms with Gasteiger partial charge in [0.25, 0.3) is 0 Å². The number of nitrogens with zero attached hydrogens (tertiary/aromatic N) is 5. The molecule has 35 heavy (non-hydrogen) atoms. The number of Topliss-reactive ketones (excluding diaryl/α,β-unsaturated/α-hetero) is 1. The Hall–Kier alpha value is -3.74. The van der Waals surface area contributed by atoms with Crippen LogP contribution in [0.4, 0.5) is 35.3 Å². The molecule has 3 aromatic heterocycles. The first-order valence-electron chi connectivity index (χ1n) is 11.0. The van der Waals surface area contributed by atoms with Crippen LogP contribution in [0.1, 0.15) is 29.0 Å². The highest BCUT2D eigenvalue weighted by Crippen LogP contribution is 2.39. The van der Waals surface area contributed by atoms with Gasteiger partial charge in [-0.1, -0.05) is 0 Å². The molecule has 10 nitrogen and oxygen atoms in total. The van der Waals surface area contributed by atoms with Gasteiger partial charge in [0.2, 0.25) is 0 Å². The van der Waals surface area contributed by atoms with Crippen molar-refractivity contribution in [3.8, 4) is 0 Å². The lowest BCUT2D eigenvalue weighted by molar-refractivity contribution is -0.182. The molecule has 2 aliphatic rings. The molecule has 3 aromatic rings. The third-order valence-electron chi connectivity index (χ3n) is 6.36. The van der Waals surface area contributed by atoms with Gasteiger partial charge in [0, 0.05) is 25.2 Å². The fraction of sp³-hybridized carbons (Fsp3) is 0.409. The molecule has 1 fully saturated rings. The zero-order chi connectivity index (χ0) is 24.9. The lowest BCUT2D eigenvalue weighted by Gasteiger charge is -2.35. The third-order valence-corrected chi connectivity index (χ3v) is 6.36. The van der Waals surface area contributed by atoms with Crippen LogP contribution >= 0.6 is 0 Å². The number of rotatable bonds is 5. The fourth-order valence-corrected chi connectivity index (χ4v) is 4.50. The number of pyridine rings is 2. The van der Waals surface area contributed by atoms with E-state index < -0.39 is 36.9 Å². The Balaban J connectivity index is 1.45. The van der Waals surface area contributed by atoms with E-state index in [2.05, 4.69) is 25.5 Å². The van der Waals surface area contributed by atoms with E-state index in [0.717, 1.165) is 5.69 Å². The molecule has 2 amide bonds. The minimum Gasteiger partial charge on any atom is -0.396 e. The number of anilines is 3. The van der Waals surface area contributed by atoms with E-state index >= 15 is 0 Å². The first-order valence-corrected chi connectivity index (χ1v) is 11.0. The summed E-state index contributed by atoms with van der Waals surface area (Å²) in [6.07, 6.45) is -4.98. The summed E-state index contributed by atoms with van der Waals surface area (Å²) in [5, 5.41) is 19.4. The van der Waals surface area contributed by atoms with Gasteiger partial charge >= 0.3 is 12.2 Å². The maximum absolute atomic E-state index is 13.4. The van der Waals surface area contributed by atoms with E-state index in [1.54, 1.807) is 18.2 Å². The van der Waals surface area contributed by atoms with Gasteiger partial charge in [-0.25, -0.2) is 14.8 Å². The molecular formula is C22H22F3N7O3. The number of nitrogens with one attached hydrogen (secondary N) is 2. The van der Waals surface area contributed by atoms with Crippen LogP contribution in [0.2, 0.25) is 0 Å². The Bertz CT molecular complexity index is 1310. The molecule has 1 saturated heterocycles.